The molecule has 3 unspecified atom stereocenters. The van der Waals surface area contributed by atoms with Crippen molar-refractivity contribution in [2.24, 2.45) is 5.92 Å². The van der Waals surface area contributed by atoms with Crippen molar-refractivity contribution in [3.8, 4) is 11.1 Å². The third kappa shape index (κ3) is 5.82. The molecule has 1 saturated heterocycles. The van der Waals surface area contributed by atoms with Crippen molar-refractivity contribution in [1.82, 2.24) is 10.2 Å². The van der Waals surface area contributed by atoms with E-state index in [0.717, 1.165) is 17.5 Å². The molecule has 1 N–H and O–H groups in total. The lowest BCUT2D eigenvalue weighted by molar-refractivity contribution is -0.122. The van der Waals surface area contributed by atoms with Crippen LogP contribution in [-0.4, -0.2) is 49.2 Å². The molecule has 0 aromatic heterocycles. The van der Waals surface area contributed by atoms with E-state index in [-0.39, 0.29) is 24.9 Å². The number of esters is 1. The Morgan fingerprint density at radius 2 is 1.78 bits per heavy atom. The minimum absolute atomic E-state index is 0.152. The Morgan fingerprint density at radius 1 is 1.12 bits per heavy atom. The number of hydrogen-bond acceptors (Lipinski definition) is 6. The van der Waals surface area contributed by atoms with Crippen LogP contribution in [0.25, 0.3) is 11.1 Å². The lowest BCUT2D eigenvalue weighted by Crippen LogP contribution is -2.30. The van der Waals surface area contributed by atoms with Crippen molar-refractivity contribution >= 4 is 18.3 Å². The van der Waals surface area contributed by atoms with Crippen molar-refractivity contribution in [2.75, 3.05) is 13.7 Å². The lowest BCUT2D eigenvalue weighted by Gasteiger charge is -2.23. The fraction of sp³-hybridized carbons (Fsp3) is 0.320. The Bertz CT molecular complexity index is 972. The maximum atomic E-state index is 12.5. The summed E-state index contributed by atoms with van der Waals surface area (Å²) < 4.78 is 11.5. The van der Waals surface area contributed by atoms with E-state index in [9.17, 15) is 14.4 Å². The van der Waals surface area contributed by atoms with E-state index in [4.69, 9.17) is 9.47 Å². The maximum absolute atomic E-state index is 12.5. The highest BCUT2D eigenvalue weighted by atomic mass is 16.6. The van der Waals surface area contributed by atoms with E-state index < -0.39 is 11.9 Å². The molecule has 0 aliphatic carbocycles. The predicted octanol–water partition coefficient (Wildman–Crippen LogP) is 3.37. The SMILES string of the molecule is C/C(=C/N(C)C1CC(C)C(COC(=O)c2ccc(-c3ccccc3)cc2)O1)C(=O)NC=O. The lowest BCUT2D eigenvalue weighted by atomic mass is 10.0. The molecule has 1 heterocycles. The zero-order valence-electron chi connectivity index (χ0n) is 18.5. The highest BCUT2D eigenvalue weighted by Gasteiger charge is 2.34. The Labute approximate surface area is 188 Å². The molecule has 7 nitrogen and oxygen atoms in total. The first-order valence-electron chi connectivity index (χ1n) is 10.5. The first kappa shape index (κ1) is 23.2. The molecule has 2 aromatic rings. The van der Waals surface area contributed by atoms with Crippen LogP contribution in [-0.2, 0) is 19.1 Å². The summed E-state index contributed by atoms with van der Waals surface area (Å²) in [5.41, 5.74) is 3.00. The maximum Gasteiger partial charge on any atom is 0.338 e. The van der Waals surface area contributed by atoms with Crippen LogP contribution in [0.5, 0.6) is 0 Å². The van der Waals surface area contributed by atoms with E-state index in [1.54, 1.807) is 37.2 Å². The number of hydrogen-bond donors (Lipinski definition) is 1. The second-order valence-corrected chi connectivity index (χ2v) is 7.95. The second-order valence-electron chi connectivity index (χ2n) is 7.95. The average molecular weight is 437 g/mol. The summed E-state index contributed by atoms with van der Waals surface area (Å²) >= 11 is 0. The summed E-state index contributed by atoms with van der Waals surface area (Å²) in [5, 5.41) is 2.11. The minimum Gasteiger partial charge on any atom is -0.459 e. The van der Waals surface area contributed by atoms with Gasteiger partial charge in [0.1, 0.15) is 12.8 Å². The number of nitrogens with one attached hydrogen (secondary N) is 1. The normalized spacial score (nSPS) is 20.5. The van der Waals surface area contributed by atoms with E-state index in [1.165, 1.54) is 0 Å². The Kier molecular flexibility index (Phi) is 7.78. The molecule has 2 aromatic carbocycles. The van der Waals surface area contributed by atoms with Crippen molar-refractivity contribution in [2.45, 2.75) is 32.6 Å². The number of nitrogens with zero attached hydrogens (tertiary/aromatic N) is 1. The quantitative estimate of drug-likeness (QED) is 0.388. The molecule has 0 bridgehead atoms. The number of rotatable bonds is 8. The molecule has 1 aliphatic rings. The average Bonchev–Trinajstić information content (AvgIpc) is 3.19. The minimum atomic E-state index is -0.457. The Hall–Kier alpha value is -3.45. The van der Waals surface area contributed by atoms with E-state index in [2.05, 4.69) is 5.32 Å². The van der Waals surface area contributed by atoms with E-state index in [0.29, 0.717) is 17.5 Å². The van der Waals surface area contributed by atoms with Gasteiger partial charge in [-0.15, -0.1) is 0 Å². The molecule has 1 fully saturated rings. The monoisotopic (exact) mass is 436 g/mol. The summed E-state index contributed by atoms with van der Waals surface area (Å²) in [6.07, 6.45) is 2.22. The summed E-state index contributed by atoms with van der Waals surface area (Å²) in [5.74, 6) is -0.673. The molecule has 2 amide bonds. The smallest absolute Gasteiger partial charge is 0.338 e. The van der Waals surface area contributed by atoms with Crippen LogP contribution < -0.4 is 5.32 Å². The summed E-state index contributed by atoms with van der Waals surface area (Å²) in [7, 11) is 1.80. The largest absolute Gasteiger partial charge is 0.459 e. The Morgan fingerprint density at radius 3 is 2.44 bits per heavy atom. The van der Waals surface area contributed by atoms with Crippen LogP contribution in [0.3, 0.4) is 0 Å². The van der Waals surface area contributed by atoms with Gasteiger partial charge in [-0.05, 0) is 42.5 Å². The van der Waals surface area contributed by atoms with Gasteiger partial charge < -0.3 is 14.4 Å². The van der Waals surface area contributed by atoms with Crippen molar-refractivity contribution in [3.05, 3.63) is 71.9 Å². The zero-order chi connectivity index (χ0) is 23.1. The van der Waals surface area contributed by atoms with Crippen molar-refractivity contribution in [1.29, 1.82) is 0 Å². The molecule has 0 spiro atoms. The van der Waals surface area contributed by atoms with Gasteiger partial charge in [0.05, 0.1) is 11.7 Å². The first-order chi connectivity index (χ1) is 15.4. The van der Waals surface area contributed by atoms with Gasteiger partial charge in [0.25, 0.3) is 5.91 Å². The number of imide groups is 1. The number of benzene rings is 2. The van der Waals surface area contributed by atoms with E-state index in [1.807, 2.05) is 49.4 Å². The van der Waals surface area contributed by atoms with Gasteiger partial charge in [-0.25, -0.2) is 4.79 Å². The van der Waals surface area contributed by atoms with Gasteiger partial charge in [0.15, 0.2) is 0 Å². The number of ether oxygens (including phenoxy) is 2. The van der Waals surface area contributed by atoms with Gasteiger partial charge >= 0.3 is 5.97 Å². The van der Waals surface area contributed by atoms with Gasteiger partial charge in [-0.1, -0.05) is 49.4 Å². The summed E-state index contributed by atoms with van der Waals surface area (Å²) in [6.45, 7) is 3.81. The number of carbonyl (C=O) groups is 3. The van der Waals surface area contributed by atoms with Gasteiger partial charge in [0, 0.05) is 18.8 Å². The second kappa shape index (κ2) is 10.7. The van der Waals surface area contributed by atoms with Crippen molar-refractivity contribution < 1.29 is 23.9 Å². The van der Waals surface area contributed by atoms with Crippen LogP contribution in [0, 0.1) is 5.92 Å². The molecule has 0 saturated carbocycles. The molecule has 7 heteroatoms. The van der Waals surface area contributed by atoms with Crippen LogP contribution >= 0.6 is 0 Å². The molecule has 3 rings (SSSR count). The number of amides is 2. The number of carbonyl (C=O) groups excluding carboxylic acids is 3. The Balaban J connectivity index is 1.53. The molecule has 168 valence electrons. The molecule has 1 aliphatic heterocycles. The molecular weight excluding hydrogens is 408 g/mol. The molecule has 32 heavy (non-hydrogen) atoms. The summed E-state index contributed by atoms with van der Waals surface area (Å²) in [6, 6.07) is 17.3. The van der Waals surface area contributed by atoms with E-state index >= 15 is 0 Å². The van der Waals surface area contributed by atoms with Gasteiger partial charge in [0.2, 0.25) is 6.41 Å². The fourth-order valence-electron chi connectivity index (χ4n) is 3.61. The van der Waals surface area contributed by atoms with Crippen molar-refractivity contribution in [3.63, 3.8) is 0 Å². The standard InChI is InChI=1S/C25H28N2O5/c1-17-13-23(27(3)14-18(2)24(29)26-16-28)32-22(17)15-31-25(30)21-11-9-20(10-12-21)19-7-5-4-6-8-19/h4-12,14,16-17,22-23H,13,15H2,1-3H3,(H,26,28,29)/b18-14-. The topological polar surface area (TPSA) is 84.9 Å². The molecular formula is C25H28N2O5. The zero-order valence-corrected chi connectivity index (χ0v) is 18.5. The predicted molar refractivity (Wildman–Crippen MR) is 120 cm³/mol. The molecule has 3 atom stereocenters. The highest BCUT2D eigenvalue weighted by molar-refractivity contribution is 5.98. The van der Waals surface area contributed by atoms with Crippen LogP contribution in [0.2, 0.25) is 0 Å². The third-order valence-electron chi connectivity index (χ3n) is 5.55. The van der Waals surface area contributed by atoms with Crippen LogP contribution in [0.4, 0.5) is 0 Å². The third-order valence-corrected chi connectivity index (χ3v) is 5.55. The summed E-state index contributed by atoms with van der Waals surface area (Å²) in [4.78, 5) is 36.4. The fourth-order valence-corrected chi connectivity index (χ4v) is 3.61. The van der Waals surface area contributed by atoms with Gasteiger partial charge in [-0.2, -0.15) is 0 Å². The highest BCUT2D eigenvalue weighted by Crippen LogP contribution is 2.29. The first-order valence-corrected chi connectivity index (χ1v) is 10.5. The van der Waals surface area contributed by atoms with Crippen LogP contribution in [0.15, 0.2) is 66.4 Å². The molecule has 0 radical (unpaired) electrons. The van der Waals surface area contributed by atoms with Crippen LogP contribution in [0.1, 0.15) is 30.6 Å². The van der Waals surface area contributed by atoms with Gasteiger partial charge in [-0.3, -0.25) is 14.9 Å².